The molecule has 0 aromatic heterocycles. The summed E-state index contributed by atoms with van der Waals surface area (Å²) >= 11 is 0. The number of hydrogen-bond donors (Lipinski definition) is 0. The first-order valence-electron chi connectivity index (χ1n) is 13.6. The van der Waals surface area contributed by atoms with E-state index in [0.717, 1.165) is 30.2 Å². The third kappa shape index (κ3) is 7.34. The zero-order chi connectivity index (χ0) is 32.8. The lowest BCUT2D eigenvalue weighted by molar-refractivity contribution is -0.143. The van der Waals surface area contributed by atoms with E-state index in [1.54, 1.807) is 13.8 Å². The molecule has 2 aromatic carbocycles. The van der Waals surface area contributed by atoms with Crippen LogP contribution in [0, 0.1) is 5.92 Å². The van der Waals surface area contributed by atoms with E-state index in [2.05, 4.69) is 0 Å². The lowest BCUT2D eigenvalue weighted by Gasteiger charge is -2.44. The van der Waals surface area contributed by atoms with Crippen LogP contribution in [0.25, 0.3) is 0 Å². The van der Waals surface area contributed by atoms with Gasteiger partial charge in [0.05, 0.1) is 41.6 Å². The molecule has 6 nitrogen and oxygen atoms in total. The van der Waals surface area contributed by atoms with E-state index in [1.165, 1.54) is 4.90 Å². The minimum Gasteiger partial charge on any atom is -0.453 e. The summed E-state index contributed by atoms with van der Waals surface area (Å²) in [5.41, 5.74) is -4.62. The lowest BCUT2D eigenvalue weighted by atomic mass is 9.86. The van der Waals surface area contributed by atoms with Gasteiger partial charge in [-0.1, -0.05) is 0 Å². The van der Waals surface area contributed by atoms with Crippen LogP contribution in [0.4, 0.5) is 54.8 Å². The summed E-state index contributed by atoms with van der Waals surface area (Å²) in [6.07, 6.45) is -16.6. The minimum absolute atomic E-state index is 0.0251. The Morgan fingerprint density at radius 2 is 1.45 bits per heavy atom. The van der Waals surface area contributed by atoms with Gasteiger partial charge in [-0.25, -0.2) is 9.59 Å². The molecule has 1 heterocycles. The van der Waals surface area contributed by atoms with Gasteiger partial charge in [0.25, 0.3) is 0 Å². The first-order valence-corrected chi connectivity index (χ1v) is 13.6. The molecule has 1 aliphatic heterocycles. The first-order chi connectivity index (χ1) is 20.3. The van der Waals surface area contributed by atoms with Crippen molar-refractivity contribution in [3.05, 3.63) is 64.2 Å². The van der Waals surface area contributed by atoms with Crippen molar-refractivity contribution in [3.63, 3.8) is 0 Å². The second-order valence-electron chi connectivity index (χ2n) is 11.1. The van der Waals surface area contributed by atoms with E-state index in [9.17, 15) is 49.1 Å². The van der Waals surface area contributed by atoms with Crippen molar-refractivity contribution in [1.29, 1.82) is 0 Å². The predicted molar refractivity (Wildman–Crippen MR) is 139 cm³/mol. The SMILES string of the molecule is COC(=O)N(CCc1cc(C(F)(F)F)cc(C(F)(F)F)c1)[C@H]1C[C@@H](C2CC2)N(C(=O)OC(C)C)c2ccc(C(F)(F)F)cc21. The fourth-order valence-corrected chi connectivity index (χ4v) is 5.43. The Labute approximate surface area is 246 Å². The van der Waals surface area contributed by atoms with Crippen molar-refractivity contribution < 1.29 is 58.6 Å². The number of hydrogen-bond acceptors (Lipinski definition) is 4. The molecule has 2 aliphatic rings. The second-order valence-corrected chi connectivity index (χ2v) is 11.1. The molecule has 1 saturated carbocycles. The number of ether oxygens (including phenoxy) is 2. The van der Waals surface area contributed by atoms with Crippen molar-refractivity contribution in [2.24, 2.45) is 5.92 Å². The van der Waals surface area contributed by atoms with Gasteiger partial charge in [0.15, 0.2) is 0 Å². The highest BCUT2D eigenvalue weighted by atomic mass is 19.4. The fraction of sp³-hybridized carbons (Fsp3) is 0.517. The quantitative estimate of drug-likeness (QED) is 0.297. The molecule has 2 amide bonds. The molecule has 1 aliphatic carbocycles. The number of anilines is 1. The van der Waals surface area contributed by atoms with Gasteiger partial charge in [-0.2, -0.15) is 39.5 Å². The number of rotatable bonds is 6. The Morgan fingerprint density at radius 3 is 1.93 bits per heavy atom. The van der Waals surface area contributed by atoms with Crippen LogP contribution < -0.4 is 4.90 Å². The molecule has 0 radical (unpaired) electrons. The molecule has 15 heteroatoms. The average molecular weight is 641 g/mol. The molecule has 0 spiro atoms. The van der Waals surface area contributed by atoms with Gasteiger partial charge in [-0.05, 0) is 93.0 Å². The largest absolute Gasteiger partial charge is 0.453 e. The minimum atomic E-state index is -5.10. The number of carbonyl (C=O) groups is 2. The molecular formula is C29H29F9N2O4. The molecule has 0 unspecified atom stereocenters. The molecule has 44 heavy (non-hydrogen) atoms. The van der Waals surface area contributed by atoms with E-state index in [1.807, 2.05) is 0 Å². The van der Waals surface area contributed by atoms with Gasteiger partial charge in [0.1, 0.15) is 0 Å². The van der Waals surface area contributed by atoms with Crippen molar-refractivity contribution >= 4 is 17.9 Å². The van der Waals surface area contributed by atoms with Gasteiger partial charge >= 0.3 is 30.7 Å². The normalized spacial score (nSPS) is 19.1. The smallest absolute Gasteiger partial charge is 0.416 e. The Hall–Kier alpha value is -3.65. The fourth-order valence-electron chi connectivity index (χ4n) is 5.43. The highest BCUT2D eigenvalue weighted by Gasteiger charge is 2.48. The standard InChI is InChI=1S/C29H29F9N2O4/c1-15(2)44-26(42)40-22-7-6-18(27(30,31)32)13-21(22)24(14-23(40)17-4-5-17)39(25(41)43-3)9-8-16-10-19(28(33,34)35)12-20(11-16)29(36,37)38/h6-7,10-13,15,17,23-24H,4-5,8-9,14H2,1-3H3/t23-,24-/m0/s1. The summed E-state index contributed by atoms with van der Waals surface area (Å²) in [6.45, 7) is 2.70. The van der Waals surface area contributed by atoms with Crippen molar-refractivity contribution in [2.45, 2.75) is 76.2 Å². The molecule has 2 aromatic rings. The number of halogens is 9. The van der Waals surface area contributed by atoms with Gasteiger partial charge in [0.2, 0.25) is 0 Å². The van der Waals surface area contributed by atoms with E-state index in [0.29, 0.717) is 25.0 Å². The molecule has 2 atom stereocenters. The third-order valence-electron chi connectivity index (χ3n) is 7.54. The highest BCUT2D eigenvalue weighted by Crippen LogP contribution is 2.50. The maximum atomic E-state index is 13.8. The Balaban J connectivity index is 1.79. The maximum absolute atomic E-state index is 13.8. The number of nitrogens with zero attached hydrogens (tertiary/aromatic N) is 2. The number of carbonyl (C=O) groups excluding carboxylic acids is 2. The average Bonchev–Trinajstić information content (AvgIpc) is 3.75. The highest BCUT2D eigenvalue weighted by molar-refractivity contribution is 5.91. The molecular weight excluding hydrogens is 611 g/mol. The number of benzene rings is 2. The maximum Gasteiger partial charge on any atom is 0.416 e. The summed E-state index contributed by atoms with van der Waals surface area (Å²) in [6, 6.07) is 1.90. The van der Waals surface area contributed by atoms with Crippen molar-refractivity contribution in [1.82, 2.24) is 4.90 Å². The van der Waals surface area contributed by atoms with E-state index in [-0.39, 0.29) is 29.7 Å². The monoisotopic (exact) mass is 640 g/mol. The zero-order valence-electron chi connectivity index (χ0n) is 23.7. The van der Waals surface area contributed by atoms with E-state index < -0.39 is 84.1 Å². The number of alkyl halides is 9. The van der Waals surface area contributed by atoms with Crippen LogP contribution in [0.15, 0.2) is 36.4 Å². The second kappa shape index (κ2) is 12.0. The molecule has 4 rings (SSSR count). The van der Waals surface area contributed by atoms with Gasteiger partial charge in [-0.15, -0.1) is 0 Å². The van der Waals surface area contributed by atoms with Gasteiger partial charge < -0.3 is 14.4 Å². The molecule has 1 fully saturated rings. The Bertz CT molecular complexity index is 1350. The Kier molecular flexibility index (Phi) is 9.09. The van der Waals surface area contributed by atoms with Crippen LogP contribution in [-0.4, -0.2) is 42.9 Å². The molecule has 0 N–H and O–H groups in total. The van der Waals surface area contributed by atoms with Crippen LogP contribution in [0.5, 0.6) is 0 Å². The Morgan fingerprint density at radius 1 is 0.886 bits per heavy atom. The lowest BCUT2D eigenvalue weighted by Crippen LogP contribution is -2.50. The van der Waals surface area contributed by atoms with Crippen LogP contribution in [0.3, 0.4) is 0 Å². The number of amides is 2. The van der Waals surface area contributed by atoms with Crippen LogP contribution in [0.2, 0.25) is 0 Å². The summed E-state index contributed by atoms with van der Waals surface area (Å²) in [5, 5.41) is 0. The molecule has 0 saturated heterocycles. The van der Waals surface area contributed by atoms with Gasteiger partial charge in [-0.3, -0.25) is 4.90 Å². The predicted octanol–water partition coefficient (Wildman–Crippen LogP) is 8.63. The van der Waals surface area contributed by atoms with Crippen molar-refractivity contribution in [3.8, 4) is 0 Å². The summed E-state index contributed by atoms with van der Waals surface area (Å²) in [7, 11) is 0.988. The van der Waals surface area contributed by atoms with Crippen LogP contribution in [0.1, 0.15) is 67.0 Å². The molecule has 242 valence electrons. The number of fused-ring (bicyclic) bond motifs is 1. The van der Waals surface area contributed by atoms with Gasteiger partial charge in [0, 0.05) is 12.6 Å². The third-order valence-corrected chi connectivity index (χ3v) is 7.54. The van der Waals surface area contributed by atoms with E-state index >= 15 is 0 Å². The topological polar surface area (TPSA) is 59.1 Å². The first kappa shape index (κ1) is 33.2. The van der Waals surface area contributed by atoms with Crippen molar-refractivity contribution in [2.75, 3.05) is 18.6 Å². The van der Waals surface area contributed by atoms with E-state index in [4.69, 9.17) is 9.47 Å². The van der Waals surface area contributed by atoms with Crippen LogP contribution in [-0.2, 0) is 34.4 Å². The summed E-state index contributed by atoms with van der Waals surface area (Å²) in [4.78, 5) is 28.5. The zero-order valence-corrected chi connectivity index (χ0v) is 23.7. The summed E-state index contributed by atoms with van der Waals surface area (Å²) < 4.78 is 132. The van der Waals surface area contributed by atoms with Crippen LogP contribution >= 0.6 is 0 Å². The molecule has 0 bridgehead atoms. The summed E-state index contributed by atoms with van der Waals surface area (Å²) in [5.74, 6) is -0.0787. The number of methoxy groups -OCH3 is 1.